The Morgan fingerprint density at radius 3 is 2.87 bits per heavy atom. The number of hydrogen-bond donors (Lipinski definition) is 1. The molecule has 0 unspecified atom stereocenters. The van der Waals surface area contributed by atoms with Gasteiger partial charge in [0.1, 0.15) is 5.82 Å². The first-order chi connectivity index (χ1) is 7.25. The quantitative estimate of drug-likeness (QED) is 0.740. The van der Waals surface area contributed by atoms with Gasteiger partial charge in [-0.3, -0.25) is 9.69 Å². The molecule has 0 saturated heterocycles. The molecule has 0 saturated carbocycles. The van der Waals surface area contributed by atoms with E-state index in [9.17, 15) is 4.79 Å². The van der Waals surface area contributed by atoms with Crippen molar-refractivity contribution in [3.8, 4) is 0 Å². The van der Waals surface area contributed by atoms with E-state index in [0.29, 0.717) is 25.1 Å². The van der Waals surface area contributed by atoms with Crippen molar-refractivity contribution in [1.29, 1.82) is 0 Å². The third kappa shape index (κ3) is 3.67. The topological polar surface area (TPSA) is 53.4 Å². The van der Waals surface area contributed by atoms with Gasteiger partial charge < -0.3 is 5.11 Å². The molecule has 1 rings (SSSR count). The fourth-order valence-corrected chi connectivity index (χ4v) is 1.24. The monoisotopic (exact) mass is 208 g/mol. The third-order valence-electron chi connectivity index (χ3n) is 2.17. The zero-order valence-corrected chi connectivity index (χ0v) is 8.89. The molecule has 0 aliphatic heterocycles. The van der Waals surface area contributed by atoms with Crippen molar-refractivity contribution < 1.29 is 9.90 Å². The lowest BCUT2D eigenvalue weighted by molar-refractivity contribution is -0.118. The molecule has 4 heteroatoms. The van der Waals surface area contributed by atoms with Crippen LogP contribution in [0.15, 0.2) is 24.4 Å². The Balaban J connectivity index is 2.46. The maximum atomic E-state index is 11.6. The smallest absolute Gasteiger partial charge is 0.227 e. The molecule has 1 heterocycles. The lowest BCUT2D eigenvalue weighted by atomic mass is 10.2. The van der Waals surface area contributed by atoms with Gasteiger partial charge in [0, 0.05) is 26.3 Å². The summed E-state index contributed by atoms with van der Waals surface area (Å²) in [5.41, 5.74) is 0. The largest absolute Gasteiger partial charge is 0.396 e. The Bertz CT molecular complexity index is 301. The fraction of sp³-hybridized carbons (Fsp3) is 0.455. The molecule has 0 fully saturated rings. The van der Waals surface area contributed by atoms with Gasteiger partial charge in [-0.15, -0.1) is 0 Å². The van der Waals surface area contributed by atoms with Crippen molar-refractivity contribution >= 4 is 11.7 Å². The first-order valence-electron chi connectivity index (χ1n) is 5.04. The lowest BCUT2D eigenvalue weighted by Gasteiger charge is -2.15. The van der Waals surface area contributed by atoms with Crippen molar-refractivity contribution in [2.75, 3.05) is 18.6 Å². The second kappa shape index (κ2) is 6.14. The number of aliphatic hydroxyl groups is 1. The highest BCUT2D eigenvalue weighted by atomic mass is 16.3. The zero-order valence-electron chi connectivity index (χ0n) is 8.89. The maximum Gasteiger partial charge on any atom is 0.227 e. The molecule has 0 aromatic carbocycles. The number of aliphatic hydroxyl groups excluding tert-OH is 1. The molecular weight excluding hydrogens is 192 g/mol. The minimum Gasteiger partial charge on any atom is -0.396 e. The van der Waals surface area contributed by atoms with E-state index in [-0.39, 0.29) is 12.5 Å². The Kier molecular flexibility index (Phi) is 4.77. The van der Waals surface area contributed by atoms with E-state index in [0.717, 1.165) is 0 Å². The van der Waals surface area contributed by atoms with Crippen LogP contribution in [0.1, 0.15) is 19.3 Å². The van der Waals surface area contributed by atoms with E-state index < -0.39 is 0 Å². The summed E-state index contributed by atoms with van der Waals surface area (Å²) in [6.07, 6.45) is 3.49. The van der Waals surface area contributed by atoms with E-state index in [1.165, 1.54) is 4.90 Å². The first-order valence-corrected chi connectivity index (χ1v) is 5.04. The van der Waals surface area contributed by atoms with Gasteiger partial charge in [0.25, 0.3) is 0 Å². The maximum absolute atomic E-state index is 11.6. The van der Waals surface area contributed by atoms with E-state index in [4.69, 9.17) is 5.11 Å². The lowest BCUT2D eigenvalue weighted by Crippen LogP contribution is -2.26. The van der Waals surface area contributed by atoms with Gasteiger partial charge in [0.2, 0.25) is 5.91 Å². The molecule has 15 heavy (non-hydrogen) atoms. The van der Waals surface area contributed by atoms with Gasteiger partial charge in [-0.25, -0.2) is 4.98 Å². The van der Waals surface area contributed by atoms with Crippen LogP contribution in [-0.2, 0) is 4.79 Å². The van der Waals surface area contributed by atoms with Crippen LogP contribution in [0.2, 0.25) is 0 Å². The van der Waals surface area contributed by atoms with E-state index >= 15 is 0 Å². The zero-order chi connectivity index (χ0) is 11.1. The van der Waals surface area contributed by atoms with Gasteiger partial charge in [0.15, 0.2) is 0 Å². The van der Waals surface area contributed by atoms with E-state index in [2.05, 4.69) is 4.98 Å². The van der Waals surface area contributed by atoms with Crippen molar-refractivity contribution in [1.82, 2.24) is 4.98 Å². The van der Waals surface area contributed by atoms with E-state index in [1.54, 1.807) is 19.3 Å². The van der Waals surface area contributed by atoms with Gasteiger partial charge in [-0.1, -0.05) is 6.07 Å². The summed E-state index contributed by atoms with van der Waals surface area (Å²) in [4.78, 5) is 17.2. The molecule has 0 spiro atoms. The minimum atomic E-state index is 0.0298. The summed E-state index contributed by atoms with van der Waals surface area (Å²) in [6.45, 7) is 0.139. The number of amides is 1. The normalized spacial score (nSPS) is 10.0. The number of unbranched alkanes of at least 4 members (excludes halogenated alkanes) is 1. The number of carbonyl (C=O) groups is 1. The molecule has 0 atom stereocenters. The summed E-state index contributed by atoms with van der Waals surface area (Å²) >= 11 is 0. The number of pyridine rings is 1. The molecule has 0 aliphatic rings. The molecule has 82 valence electrons. The standard InChI is InChI=1S/C11H16N2O2/c1-13(10-6-2-4-8-12-10)11(15)7-3-5-9-14/h2,4,6,8,14H,3,5,7,9H2,1H3. The summed E-state index contributed by atoms with van der Waals surface area (Å²) < 4.78 is 0. The summed E-state index contributed by atoms with van der Waals surface area (Å²) in [5, 5.41) is 8.60. The molecular formula is C11H16N2O2. The Hall–Kier alpha value is -1.42. The van der Waals surface area contributed by atoms with Crippen molar-refractivity contribution in [2.45, 2.75) is 19.3 Å². The predicted molar refractivity (Wildman–Crippen MR) is 58.6 cm³/mol. The van der Waals surface area contributed by atoms with Crippen LogP contribution in [0, 0.1) is 0 Å². The molecule has 0 radical (unpaired) electrons. The highest BCUT2D eigenvalue weighted by molar-refractivity contribution is 5.91. The molecule has 1 N–H and O–H groups in total. The number of hydrogen-bond acceptors (Lipinski definition) is 3. The average Bonchev–Trinajstić information content (AvgIpc) is 2.29. The van der Waals surface area contributed by atoms with Crippen molar-refractivity contribution in [3.63, 3.8) is 0 Å². The fourth-order valence-electron chi connectivity index (χ4n) is 1.24. The van der Waals surface area contributed by atoms with Crippen molar-refractivity contribution in [3.05, 3.63) is 24.4 Å². The van der Waals surface area contributed by atoms with Crippen LogP contribution >= 0.6 is 0 Å². The van der Waals surface area contributed by atoms with Crippen LogP contribution in [0.3, 0.4) is 0 Å². The number of carbonyl (C=O) groups excluding carboxylic acids is 1. The SMILES string of the molecule is CN(C(=O)CCCCO)c1ccccn1. The van der Waals surface area contributed by atoms with E-state index in [1.807, 2.05) is 12.1 Å². The highest BCUT2D eigenvalue weighted by Crippen LogP contribution is 2.09. The average molecular weight is 208 g/mol. The highest BCUT2D eigenvalue weighted by Gasteiger charge is 2.10. The van der Waals surface area contributed by atoms with Gasteiger partial charge in [-0.2, -0.15) is 0 Å². The Labute approximate surface area is 89.6 Å². The van der Waals surface area contributed by atoms with Crippen LogP contribution in [0.25, 0.3) is 0 Å². The molecule has 0 aliphatic carbocycles. The number of rotatable bonds is 5. The van der Waals surface area contributed by atoms with Gasteiger partial charge in [-0.05, 0) is 25.0 Å². The molecule has 0 bridgehead atoms. The third-order valence-corrected chi connectivity index (χ3v) is 2.17. The Morgan fingerprint density at radius 1 is 1.47 bits per heavy atom. The van der Waals surface area contributed by atoms with Gasteiger partial charge >= 0.3 is 0 Å². The first kappa shape index (κ1) is 11.7. The van der Waals surface area contributed by atoms with Crippen LogP contribution in [-0.4, -0.2) is 29.7 Å². The Morgan fingerprint density at radius 2 is 2.27 bits per heavy atom. The van der Waals surface area contributed by atoms with Crippen LogP contribution in [0.5, 0.6) is 0 Å². The second-order valence-corrected chi connectivity index (χ2v) is 3.32. The minimum absolute atomic E-state index is 0.0298. The van der Waals surface area contributed by atoms with Gasteiger partial charge in [0.05, 0.1) is 0 Å². The van der Waals surface area contributed by atoms with Crippen LogP contribution in [0.4, 0.5) is 5.82 Å². The molecule has 1 aromatic heterocycles. The number of nitrogens with zero attached hydrogens (tertiary/aromatic N) is 2. The predicted octanol–water partition coefficient (Wildman–Crippen LogP) is 1.21. The molecule has 4 nitrogen and oxygen atoms in total. The summed E-state index contributed by atoms with van der Waals surface area (Å²) in [7, 11) is 1.71. The molecule has 1 aromatic rings. The summed E-state index contributed by atoms with van der Waals surface area (Å²) in [6, 6.07) is 5.46. The number of anilines is 1. The second-order valence-electron chi connectivity index (χ2n) is 3.32. The van der Waals surface area contributed by atoms with Crippen molar-refractivity contribution in [2.24, 2.45) is 0 Å². The summed E-state index contributed by atoms with van der Waals surface area (Å²) in [5.74, 6) is 0.689. The van der Waals surface area contributed by atoms with Crippen LogP contribution < -0.4 is 4.90 Å². The number of aromatic nitrogens is 1. The molecule has 1 amide bonds.